The number of carbonyl (C=O) groups excluding carboxylic acids is 2. The van der Waals surface area contributed by atoms with E-state index in [0.717, 1.165) is 5.56 Å². The van der Waals surface area contributed by atoms with Gasteiger partial charge in [0.15, 0.2) is 0 Å². The number of nitrogens with zero attached hydrogens (tertiary/aromatic N) is 1. The molecule has 2 amide bonds. The molecule has 0 spiro atoms. The first-order chi connectivity index (χ1) is 18.4. The molecule has 0 radical (unpaired) electrons. The summed E-state index contributed by atoms with van der Waals surface area (Å²) in [6, 6.07) is 15.3. The molecule has 5 rings (SSSR count). The van der Waals surface area contributed by atoms with Gasteiger partial charge < -0.3 is 26.0 Å². The summed E-state index contributed by atoms with van der Waals surface area (Å²) in [7, 11) is 0. The molecule has 1 aromatic heterocycles. The lowest BCUT2D eigenvalue weighted by atomic mass is 9.78. The van der Waals surface area contributed by atoms with Crippen LogP contribution in [0.5, 0.6) is 0 Å². The Balaban J connectivity index is 1.37. The summed E-state index contributed by atoms with van der Waals surface area (Å²) in [6.45, 7) is -0.0677. The molecular formula is C29H33FN4O4. The number of aromatic nitrogens is 1. The number of carbonyl (C=O) groups is 3. The van der Waals surface area contributed by atoms with Crippen LogP contribution in [0.1, 0.15) is 54.1 Å². The Morgan fingerprint density at radius 1 is 1.05 bits per heavy atom. The highest BCUT2D eigenvalue weighted by atomic mass is 19.1. The Morgan fingerprint density at radius 2 is 1.79 bits per heavy atom. The zero-order valence-corrected chi connectivity index (χ0v) is 21.1. The fourth-order valence-corrected chi connectivity index (χ4v) is 6.11. The van der Waals surface area contributed by atoms with Crippen molar-refractivity contribution >= 4 is 34.4 Å². The summed E-state index contributed by atoms with van der Waals surface area (Å²) in [6.07, 6.45) is 3.39. The third-order valence-corrected chi connectivity index (χ3v) is 8.20. The average molecular weight is 521 g/mol. The molecule has 1 aliphatic heterocycles. The zero-order valence-electron chi connectivity index (χ0n) is 21.1. The van der Waals surface area contributed by atoms with Gasteiger partial charge in [-0.15, -0.1) is 0 Å². The molecule has 2 fully saturated rings. The molecule has 1 saturated carbocycles. The number of halogens is 1. The molecule has 38 heavy (non-hydrogen) atoms. The van der Waals surface area contributed by atoms with E-state index < -0.39 is 24.7 Å². The van der Waals surface area contributed by atoms with Gasteiger partial charge >= 0.3 is 5.97 Å². The second-order valence-electron chi connectivity index (χ2n) is 10.5. The number of benzene rings is 2. The standard InChI is InChI=1S/C29H33FN4O4/c30-16-23(31)18-6-8-19(9-7-18)28(36)34-13-12-22(17-4-2-1-3-5-17)26(34)27(35)32-21-10-11-24-20(14-21)15-25(33-24)29(37)38/h1-5,10-11,14-15,18-19,22-23,26,33H,6-9,12-13,16,31H2,(H,32,35)(H,37,38)/t18-,19-,22-,23-,26+/m1/s1. The minimum atomic E-state index is -1.06. The first-order valence-corrected chi connectivity index (χ1v) is 13.2. The van der Waals surface area contributed by atoms with Gasteiger partial charge in [-0.2, -0.15) is 0 Å². The van der Waals surface area contributed by atoms with Crippen molar-refractivity contribution in [2.24, 2.45) is 17.6 Å². The number of aromatic carboxylic acids is 1. The van der Waals surface area contributed by atoms with E-state index in [1.54, 1.807) is 23.1 Å². The number of H-pyrrole nitrogens is 1. The van der Waals surface area contributed by atoms with Crippen molar-refractivity contribution in [1.29, 1.82) is 0 Å². The van der Waals surface area contributed by atoms with Crippen LogP contribution in [0.3, 0.4) is 0 Å². The summed E-state index contributed by atoms with van der Waals surface area (Å²) in [5.74, 6) is -1.61. The molecule has 9 heteroatoms. The lowest BCUT2D eigenvalue weighted by Crippen LogP contribution is -2.48. The topological polar surface area (TPSA) is 129 Å². The normalized spacial score (nSPS) is 24.3. The highest BCUT2D eigenvalue weighted by molar-refractivity contribution is 6.01. The van der Waals surface area contributed by atoms with Crippen LogP contribution in [0.25, 0.3) is 10.9 Å². The highest BCUT2D eigenvalue weighted by Gasteiger charge is 2.44. The smallest absolute Gasteiger partial charge is 0.352 e. The molecule has 3 atom stereocenters. The molecule has 0 bridgehead atoms. The van der Waals surface area contributed by atoms with Crippen LogP contribution in [0, 0.1) is 11.8 Å². The van der Waals surface area contributed by atoms with Crippen molar-refractivity contribution in [3.63, 3.8) is 0 Å². The maximum atomic E-state index is 13.8. The molecule has 5 N–H and O–H groups in total. The number of likely N-dealkylation sites (tertiary alicyclic amines) is 1. The van der Waals surface area contributed by atoms with E-state index in [0.29, 0.717) is 55.2 Å². The Labute approximate surface area is 220 Å². The molecule has 0 unspecified atom stereocenters. The quantitative estimate of drug-likeness (QED) is 0.369. The van der Waals surface area contributed by atoms with Gasteiger partial charge in [-0.25, -0.2) is 9.18 Å². The van der Waals surface area contributed by atoms with E-state index >= 15 is 0 Å². The number of hydrogen-bond acceptors (Lipinski definition) is 4. The Bertz CT molecular complexity index is 1320. The fraction of sp³-hybridized carbons (Fsp3) is 0.414. The van der Waals surface area contributed by atoms with Crippen molar-refractivity contribution in [2.75, 3.05) is 18.5 Å². The molecule has 2 aromatic carbocycles. The molecule has 2 aliphatic rings. The first kappa shape index (κ1) is 25.9. The Kier molecular flexibility index (Phi) is 7.46. The van der Waals surface area contributed by atoms with Crippen LogP contribution in [0.2, 0.25) is 0 Å². The summed E-state index contributed by atoms with van der Waals surface area (Å²) in [5.41, 5.74) is 8.17. The van der Waals surface area contributed by atoms with E-state index in [1.165, 1.54) is 6.07 Å². The van der Waals surface area contributed by atoms with Crippen molar-refractivity contribution in [2.45, 2.75) is 50.1 Å². The molecular weight excluding hydrogens is 487 g/mol. The number of fused-ring (bicyclic) bond motifs is 1. The van der Waals surface area contributed by atoms with Crippen LogP contribution >= 0.6 is 0 Å². The van der Waals surface area contributed by atoms with Gasteiger partial charge in [0.2, 0.25) is 11.8 Å². The average Bonchev–Trinajstić information content (AvgIpc) is 3.58. The molecule has 2 heterocycles. The van der Waals surface area contributed by atoms with Gasteiger partial charge in [0, 0.05) is 41.0 Å². The molecule has 3 aromatic rings. The number of hydrogen-bond donors (Lipinski definition) is 4. The number of carboxylic acids is 1. The van der Waals surface area contributed by atoms with Crippen molar-refractivity contribution < 1.29 is 23.9 Å². The zero-order chi connectivity index (χ0) is 26.8. The summed E-state index contributed by atoms with van der Waals surface area (Å²) >= 11 is 0. The van der Waals surface area contributed by atoms with E-state index in [-0.39, 0.29) is 35.3 Å². The predicted octanol–water partition coefficient (Wildman–Crippen LogP) is 4.29. The second kappa shape index (κ2) is 10.9. The second-order valence-corrected chi connectivity index (χ2v) is 10.5. The Morgan fingerprint density at radius 3 is 2.47 bits per heavy atom. The van der Waals surface area contributed by atoms with E-state index in [2.05, 4.69) is 10.3 Å². The minimum Gasteiger partial charge on any atom is -0.477 e. The van der Waals surface area contributed by atoms with Gasteiger partial charge in [0.25, 0.3) is 0 Å². The lowest BCUT2D eigenvalue weighted by molar-refractivity contribution is -0.141. The van der Waals surface area contributed by atoms with Gasteiger partial charge in [-0.05, 0) is 67.9 Å². The van der Waals surface area contributed by atoms with E-state index in [4.69, 9.17) is 5.73 Å². The van der Waals surface area contributed by atoms with Crippen molar-refractivity contribution in [3.8, 4) is 0 Å². The van der Waals surface area contributed by atoms with E-state index in [9.17, 15) is 23.9 Å². The summed E-state index contributed by atoms with van der Waals surface area (Å²) in [5, 5.41) is 12.9. The molecule has 1 aliphatic carbocycles. The number of aromatic amines is 1. The van der Waals surface area contributed by atoms with E-state index in [1.807, 2.05) is 30.3 Å². The highest BCUT2D eigenvalue weighted by Crippen LogP contribution is 2.38. The minimum absolute atomic E-state index is 0.0250. The van der Waals surface area contributed by atoms with Gasteiger partial charge in [0.05, 0.1) is 0 Å². The summed E-state index contributed by atoms with van der Waals surface area (Å²) < 4.78 is 13.0. The molecule has 1 saturated heterocycles. The number of carboxylic acid groups (broad SMARTS) is 1. The largest absolute Gasteiger partial charge is 0.477 e. The van der Waals surface area contributed by atoms with Crippen LogP contribution in [0.15, 0.2) is 54.6 Å². The van der Waals surface area contributed by atoms with Gasteiger partial charge in [-0.1, -0.05) is 30.3 Å². The number of nitrogens with two attached hydrogens (primary N) is 1. The first-order valence-electron chi connectivity index (χ1n) is 13.2. The molecule has 8 nitrogen and oxygen atoms in total. The van der Waals surface area contributed by atoms with Crippen molar-refractivity contribution in [1.82, 2.24) is 9.88 Å². The number of alkyl halides is 1. The maximum absolute atomic E-state index is 13.8. The monoisotopic (exact) mass is 520 g/mol. The third kappa shape index (κ3) is 5.15. The SMILES string of the molecule is N[C@H](CF)[C@H]1CC[C@H](C(=O)N2CC[C@H](c3ccccc3)[C@H]2C(=O)Nc2ccc3[nH]c(C(=O)O)cc3c2)CC1. The third-order valence-electron chi connectivity index (χ3n) is 8.20. The van der Waals surface area contributed by atoms with Gasteiger partial charge in [-0.3, -0.25) is 9.59 Å². The van der Waals surface area contributed by atoms with Gasteiger partial charge in [0.1, 0.15) is 18.4 Å². The van der Waals surface area contributed by atoms with Crippen LogP contribution in [-0.4, -0.2) is 58.1 Å². The number of rotatable bonds is 7. The van der Waals surface area contributed by atoms with Crippen LogP contribution in [0.4, 0.5) is 10.1 Å². The summed E-state index contributed by atoms with van der Waals surface area (Å²) in [4.78, 5) is 43.4. The number of amides is 2. The molecule has 200 valence electrons. The number of nitrogens with one attached hydrogen (secondary N) is 2. The maximum Gasteiger partial charge on any atom is 0.352 e. The van der Waals surface area contributed by atoms with Crippen LogP contribution < -0.4 is 11.1 Å². The fourth-order valence-electron chi connectivity index (χ4n) is 6.11. The lowest BCUT2D eigenvalue weighted by Gasteiger charge is -2.35. The predicted molar refractivity (Wildman–Crippen MR) is 143 cm³/mol. The number of anilines is 1. The Hall–Kier alpha value is -3.72. The van der Waals surface area contributed by atoms with Crippen LogP contribution in [-0.2, 0) is 9.59 Å². The van der Waals surface area contributed by atoms with Crippen molar-refractivity contribution in [3.05, 3.63) is 65.9 Å².